The largest absolute Gasteiger partial charge is 0.439 e. The predicted octanol–water partition coefficient (Wildman–Crippen LogP) is 3.90. The number of ether oxygens (including phenoxy) is 1. The fourth-order valence-corrected chi connectivity index (χ4v) is 3.56. The summed E-state index contributed by atoms with van der Waals surface area (Å²) in [7, 11) is 0. The highest BCUT2D eigenvalue weighted by molar-refractivity contribution is 6.10. The van der Waals surface area contributed by atoms with Crippen LogP contribution in [0, 0.1) is 13.8 Å². The lowest BCUT2D eigenvalue weighted by atomic mass is 9.92. The number of benzene rings is 2. The van der Waals surface area contributed by atoms with Gasteiger partial charge in [-0.05, 0) is 55.7 Å². The molecule has 33 heavy (non-hydrogen) atoms. The molecule has 3 aromatic rings. The maximum absolute atomic E-state index is 12.9. The highest BCUT2D eigenvalue weighted by atomic mass is 16.5. The molecule has 1 aliphatic heterocycles. The van der Waals surface area contributed by atoms with Gasteiger partial charge in [0.25, 0.3) is 5.91 Å². The van der Waals surface area contributed by atoms with Crippen molar-refractivity contribution < 1.29 is 19.1 Å². The van der Waals surface area contributed by atoms with E-state index in [2.05, 4.69) is 15.6 Å². The van der Waals surface area contributed by atoms with Gasteiger partial charge >= 0.3 is 6.03 Å². The van der Waals surface area contributed by atoms with Crippen LogP contribution in [0.1, 0.15) is 23.6 Å². The van der Waals surface area contributed by atoms with Crippen molar-refractivity contribution in [2.75, 3.05) is 11.9 Å². The second kappa shape index (κ2) is 8.74. The van der Waals surface area contributed by atoms with Gasteiger partial charge in [-0.15, -0.1) is 0 Å². The Morgan fingerprint density at radius 2 is 1.82 bits per heavy atom. The molecule has 2 N–H and O–H groups in total. The topological polar surface area (TPSA) is 101 Å². The fourth-order valence-electron chi connectivity index (χ4n) is 3.56. The summed E-state index contributed by atoms with van der Waals surface area (Å²) in [5, 5.41) is 5.34. The molecule has 8 heteroatoms. The lowest BCUT2D eigenvalue weighted by Crippen LogP contribution is -2.42. The van der Waals surface area contributed by atoms with Crippen molar-refractivity contribution in [3.8, 4) is 11.6 Å². The number of urea groups is 1. The molecule has 1 aliphatic rings. The maximum Gasteiger partial charge on any atom is 0.325 e. The molecule has 1 fully saturated rings. The van der Waals surface area contributed by atoms with Crippen LogP contribution in [-0.4, -0.2) is 34.3 Å². The first kappa shape index (κ1) is 22.0. The smallest absolute Gasteiger partial charge is 0.325 e. The third-order valence-corrected chi connectivity index (χ3v) is 5.65. The van der Waals surface area contributed by atoms with Crippen LogP contribution in [-0.2, 0) is 15.1 Å². The first-order chi connectivity index (χ1) is 15.8. The van der Waals surface area contributed by atoms with Gasteiger partial charge in [0.1, 0.15) is 17.8 Å². The summed E-state index contributed by atoms with van der Waals surface area (Å²) in [5.74, 6) is 0.0518. The van der Waals surface area contributed by atoms with Gasteiger partial charge in [0.15, 0.2) is 0 Å². The van der Waals surface area contributed by atoms with Gasteiger partial charge in [0.2, 0.25) is 11.8 Å². The van der Waals surface area contributed by atoms with E-state index in [1.54, 1.807) is 43.3 Å². The van der Waals surface area contributed by atoms with Crippen molar-refractivity contribution in [1.82, 2.24) is 15.2 Å². The van der Waals surface area contributed by atoms with Crippen molar-refractivity contribution in [3.05, 3.63) is 83.6 Å². The van der Waals surface area contributed by atoms with E-state index in [-0.39, 0.29) is 0 Å². The summed E-state index contributed by atoms with van der Waals surface area (Å²) >= 11 is 0. The SMILES string of the molecule is Cc1ccc(Oc2ccc(NC(=O)CN3C(=O)NC(C)(c4ccccc4)C3=O)cn2)cc1C. The molecule has 4 amide bonds. The summed E-state index contributed by atoms with van der Waals surface area (Å²) in [6.45, 7) is 5.24. The molecule has 4 rings (SSSR count). The number of aryl methyl sites for hydroxylation is 2. The Hall–Kier alpha value is -4.20. The average Bonchev–Trinajstić information content (AvgIpc) is 3.02. The number of carbonyl (C=O) groups is 3. The van der Waals surface area contributed by atoms with E-state index in [0.29, 0.717) is 22.9 Å². The molecule has 0 saturated carbocycles. The van der Waals surface area contributed by atoms with Crippen LogP contribution in [0.5, 0.6) is 11.6 Å². The third kappa shape index (κ3) is 4.55. The molecule has 0 spiro atoms. The Bertz CT molecular complexity index is 1210. The molecule has 0 radical (unpaired) electrons. The molecule has 2 heterocycles. The summed E-state index contributed by atoms with van der Waals surface area (Å²) in [6.07, 6.45) is 1.45. The minimum Gasteiger partial charge on any atom is -0.439 e. The molecule has 8 nitrogen and oxygen atoms in total. The van der Waals surface area contributed by atoms with Crippen molar-refractivity contribution >= 4 is 23.5 Å². The number of imide groups is 1. The minimum absolute atomic E-state index is 0.379. The van der Waals surface area contributed by atoms with Gasteiger partial charge < -0.3 is 15.4 Å². The highest BCUT2D eigenvalue weighted by Crippen LogP contribution is 2.28. The van der Waals surface area contributed by atoms with Crippen LogP contribution in [0.25, 0.3) is 0 Å². The van der Waals surface area contributed by atoms with Crippen molar-refractivity contribution in [2.45, 2.75) is 26.3 Å². The van der Waals surface area contributed by atoms with Gasteiger partial charge in [-0.3, -0.25) is 14.5 Å². The van der Waals surface area contributed by atoms with E-state index >= 15 is 0 Å². The second-order valence-corrected chi connectivity index (χ2v) is 8.09. The van der Waals surface area contributed by atoms with Gasteiger partial charge in [-0.25, -0.2) is 9.78 Å². The normalized spacial score (nSPS) is 17.6. The Morgan fingerprint density at radius 1 is 1.06 bits per heavy atom. The Kier molecular flexibility index (Phi) is 5.83. The molecular weight excluding hydrogens is 420 g/mol. The van der Waals surface area contributed by atoms with Crippen molar-refractivity contribution in [2.24, 2.45) is 0 Å². The zero-order chi connectivity index (χ0) is 23.6. The molecule has 1 atom stereocenters. The summed E-state index contributed by atoms with van der Waals surface area (Å²) in [6, 6.07) is 17.3. The Labute approximate surface area is 191 Å². The molecule has 1 unspecified atom stereocenters. The first-order valence-electron chi connectivity index (χ1n) is 10.5. The zero-order valence-electron chi connectivity index (χ0n) is 18.6. The zero-order valence-corrected chi connectivity index (χ0v) is 18.6. The molecular formula is C25H24N4O4. The Balaban J connectivity index is 1.38. The van der Waals surface area contributed by atoms with Crippen LogP contribution < -0.4 is 15.4 Å². The molecule has 1 aromatic heterocycles. The molecule has 2 aromatic carbocycles. The monoisotopic (exact) mass is 444 g/mol. The molecule has 1 saturated heterocycles. The number of amides is 4. The summed E-state index contributed by atoms with van der Waals surface area (Å²) in [5.41, 5.74) is 2.14. The van der Waals surface area contributed by atoms with Crippen molar-refractivity contribution in [1.29, 1.82) is 0 Å². The van der Waals surface area contributed by atoms with Gasteiger partial charge in [-0.1, -0.05) is 36.4 Å². The van der Waals surface area contributed by atoms with Crippen LogP contribution in [0.3, 0.4) is 0 Å². The van der Waals surface area contributed by atoms with Gasteiger partial charge in [0, 0.05) is 6.07 Å². The Morgan fingerprint density at radius 3 is 2.48 bits per heavy atom. The van der Waals surface area contributed by atoms with E-state index in [4.69, 9.17) is 4.74 Å². The van der Waals surface area contributed by atoms with Crippen molar-refractivity contribution in [3.63, 3.8) is 0 Å². The third-order valence-electron chi connectivity index (χ3n) is 5.65. The number of nitrogens with zero attached hydrogens (tertiary/aromatic N) is 2. The predicted molar refractivity (Wildman–Crippen MR) is 123 cm³/mol. The van der Waals surface area contributed by atoms with Crippen LogP contribution in [0.4, 0.5) is 10.5 Å². The van der Waals surface area contributed by atoms with E-state index in [0.717, 1.165) is 10.5 Å². The molecule has 0 bridgehead atoms. The van der Waals surface area contributed by atoms with Crippen LogP contribution in [0.15, 0.2) is 66.9 Å². The minimum atomic E-state index is -1.21. The van der Waals surface area contributed by atoms with Crippen LogP contribution >= 0.6 is 0 Å². The number of carbonyl (C=O) groups excluding carboxylic acids is 3. The number of hydrogen-bond donors (Lipinski definition) is 2. The van der Waals surface area contributed by atoms with Crippen LogP contribution in [0.2, 0.25) is 0 Å². The lowest BCUT2D eigenvalue weighted by Gasteiger charge is -2.22. The summed E-state index contributed by atoms with van der Waals surface area (Å²) in [4.78, 5) is 43.0. The number of nitrogens with one attached hydrogen (secondary N) is 2. The first-order valence-corrected chi connectivity index (χ1v) is 10.5. The number of aromatic nitrogens is 1. The number of pyridine rings is 1. The van der Waals surface area contributed by atoms with E-state index in [1.807, 2.05) is 38.1 Å². The van der Waals surface area contributed by atoms with E-state index in [9.17, 15) is 14.4 Å². The maximum atomic E-state index is 12.9. The number of hydrogen-bond acceptors (Lipinski definition) is 5. The number of anilines is 1. The van der Waals surface area contributed by atoms with E-state index < -0.39 is 29.9 Å². The lowest BCUT2D eigenvalue weighted by molar-refractivity contribution is -0.133. The molecule has 168 valence electrons. The van der Waals surface area contributed by atoms with Gasteiger partial charge in [0.05, 0.1) is 11.9 Å². The molecule has 0 aliphatic carbocycles. The standard InChI is InChI=1S/C25H24N4O4/c1-16-9-11-20(13-17(16)2)33-22-12-10-19(14-26-22)27-21(30)15-29-23(31)25(3,28-24(29)32)18-7-5-4-6-8-18/h4-14H,15H2,1-3H3,(H,27,30)(H,28,32). The second-order valence-electron chi connectivity index (χ2n) is 8.09. The quantitative estimate of drug-likeness (QED) is 0.562. The highest BCUT2D eigenvalue weighted by Gasteiger charge is 2.49. The summed E-state index contributed by atoms with van der Waals surface area (Å²) < 4.78 is 5.75. The van der Waals surface area contributed by atoms with E-state index in [1.165, 1.54) is 11.8 Å². The van der Waals surface area contributed by atoms with Gasteiger partial charge in [-0.2, -0.15) is 0 Å². The number of rotatable bonds is 6. The fraction of sp³-hybridized carbons (Fsp3) is 0.200. The average molecular weight is 444 g/mol.